The summed E-state index contributed by atoms with van der Waals surface area (Å²) in [4.78, 5) is 10.5. The zero-order valence-electron chi connectivity index (χ0n) is 10.1. The van der Waals surface area contributed by atoms with Gasteiger partial charge in [0, 0.05) is 19.6 Å². The van der Waals surface area contributed by atoms with Crippen molar-refractivity contribution >= 4 is 17.5 Å². The fraction of sp³-hybridized carbons (Fsp3) is 0.636. The number of nitrogens with zero attached hydrogens (tertiary/aromatic N) is 3. The molecule has 1 unspecified atom stereocenters. The van der Waals surface area contributed by atoms with Crippen molar-refractivity contribution in [2.24, 2.45) is 5.73 Å². The van der Waals surface area contributed by atoms with Crippen LogP contribution in [0.1, 0.15) is 13.8 Å². The molecule has 94 valence electrons. The van der Waals surface area contributed by atoms with Crippen LogP contribution in [0.15, 0.2) is 12.4 Å². The second-order valence-electron chi connectivity index (χ2n) is 4.82. The van der Waals surface area contributed by atoms with E-state index in [-0.39, 0.29) is 11.7 Å². The van der Waals surface area contributed by atoms with Crippen molar-refractivity contribution in [1.29, 1.82) is 0 Å². The predicted octanol–water partition coefficient (Wildman–Crippen LogP) is 1.07. The van der Waals surface area contributed by atoms with E-state index < -0.39 is 0 Å². The van der Waals surface area contributed by atoms with Crippen molar-refractivity contribution in [1.82, 2.24) is 9.97 Å². The number of halogens is 1. The van der Waals surface area contributed by atoms with Crippen molar-refractivity contribution in [2.45, 2.75) is 25.6 Å². The smallest absolute Gasteiger partial charge is 0.225 e. The van der Waals surface area contributed by atoms with Gasteiger partial charge in [0.1, 0.15) is 0 Å². The van der Waals surface area contributed by atoms with E-state index in [0.717, 1.165) is 6.54 Å². The fourth-order valence-corrected chi connectivity index (χ4v) is 2.14. The molecule has 1 aliphatic heterocycles. The second-order valence-corrected chi connectivity index (χ2v) is 5.25. The van der Waals surface area contributed by atoms with Crippen LogP contribution >= 0.6 is 11.6 Å². The maximum atomic E-state index is 5.85. The van der Waals surface area contributed by atoms with Crippen molar-refractivity contribution < 1.29 is 4.74 Å². The van der Waals surface area contributed by atoms with E-state index in [2.05, 4.69) is 14.9 Å². The molecule has 17 heavy (non-hydrogen) atoms. The summed E-state index contributed by atoms with van der Waals surface area (Å²) in [5, 5.41) is 0.539. The summed E-state index contributed by atoms with van der Waals surface area (Å²) in [6.45, 7) is 6.02. The number of aromatic nitrogens is 2. The summed E-state index contributed by atoms with van der Waals surface area (Å²) in [5.41, 5.74) is 5.43. The van der Waals surface area contributed by atoms with Crippen LogP contribution < -0.4 is 10.6 Å². The van der Waals surface area contributed by atoms with Crippen molar-refractivity contribution in [3.8, 4) is 0 Å². The van der Waals surface area contributed by atoms with E-state index in [4.69, 9.17) is 22.1 Å². The summed E-state index contributed by atoms with van der Waals surface area (Å²) in [6, 6.07) is 0. The number of rotatable bonds is 2. The number of anilines is 1. The molecule has 0 saturated carbocycles. The molecule has 0 aliphatic carbocycles. The third-order valence-corrected chi connectivity index (χ3v) is 2.83. The number of hydrogen-bond donors (Lipinski definition) is 1. The lowest BCUT2D eigenvalue weighted by molar-refractivity contribution is -0.0792. The molecular formula is C11H17ClN4O. The molecule has 1 fully saturated rings. The molecule has 0 amide bonds. The molecule has 5 nitrogen and oxygen atoms in total. The Hall–Kier alpha value is -0.910. The van der Waals surface area contributed by atoms with Gasteiger partial charge in [-0.05, 0) is 13.8 Å². The van der Waals surface area contributed by atoms with Gasteiger partial charge in [-0.2, -0.15) is 0 Å². The first-order chi connectivity index (χ1) is 8.00. The zero-order chi connectivity index (χ0) is 12.5. The van der Waals surface area contributed by atoms with Gasteiger partial charge in [-0.15, -0.1) is 0 Å². The fourth-order valence-electron chi connectivity index (χ4n) is 2.04. The topological polar surface area (TPSA) is 64.3 Å². The van der Waals surface area contributed by atoms with Gasteiger partial charge in [-0.3, -0.25) is 0 Å². The van der Waals surface area contributed by atoms with Crippen LogP contribution in [0.25, 0.3) is 0 Å². The SMILES string of the molecule is CC1(C)CN(c2ncc(Cl)cn2)CC(CN)O1. The molecule has 0 bridgehead atoms. The van der Waals surface area contributed by atoms with E-state index in [1.54, 1.807) is 12.4 Å². The predicted molar refractivity (Wildman–Crippen MR) is 67.3 cm³/mol. The second kappa shape index (κ2) is 4.76. The van der Waals surface area contributed by atoms with Gasteiger partial charge in [0.2, 0.25) is 5.95 Å². The largest absolute Gasteiger partial charge is 0.367 e. The minimum Gasteiger partial charge on any atom is -0.367 e. The van der Waals surface area contributed by atoms with Crippen LogP contribution in [0, 0.1) is 0 Å². The molecule has 0 spiro atoms. The number of nitrogens with two attached hydrogens (primary N) is 1. The molecule has 1 atom stereocenters. The first kappa shape index (κ1) is 12.5. The highest BCUT2D eigenvalue weighted by Crippen LogP contribution is 2.23. The highest BCUT2D eigenvalue weighted by Gasteiger charge is 2.33. The minimum absolute atomic E-state index is 0.0121. The maximum absolute atomic E-state index is 5.85. The third-order valence-electron chi connectivity index (χ3n) is 2.63. The molecule has 2 rings (SSSR count). The monoisotopic (exact) mass is 256 g/mol. The first-order valence-corrected chi connectivity index (χ1v) is 5.98. The molecule has 1 aromatic rings. The van der Waals surface area contributed by atoms with Gasteiger partial charge >= 0.3 is 0 Å². The molecular weight excluding hydrogens is 240 g/mol. The Morgan fingerprint density at radius 2 is 2.18 bits per heavy atom. The molecule has 1 aromatic heterocycles. The van der Waals surface area contributed by atoms with Crippen molar-refractivity contribution in [2.75, 3.05) is 24.5 Å². The first-order valence-electron chi connectivity index (χ1n) is 5.60. The highest BCUT2D eigenvalue weighted by atomic mass is 35.5. The summed E-state index contributed by atoms with van der Waals surface area (Å²) < 4.78 is 5.85. The quantitative estimate of drug-likeness (QED) is 0.858. The minimum atomic E-state index is -0.245. The molecule has 1 aliphatic rings. The molecule has 0 radical (unpaired) electrons. The summed E-state index contributed by atoms with van der Waals surface area (Å²) in [7, 11) is 0. The average Bonchev–Trinajstić information content (AvgIpc) is 2.27. The van der Waals surface area contributed by atoms with E-state index in [1.165, 1.54) is 0 Å². The zero-order valence-corrected chi connectivity index (χ0v) is 10.8. The Kier molecular flexibility index (Phi) is 3.51. The van der Waals surface area contributed by atoms with Gasteiger partial charge in [0.25, 0.3) is 0 Å². The molecule has 1 saturated heterocycles. The van der Waals surface area contributed by atoms with Crippen LogP contribution in [0.4, 0.5) is 5.95 Å². The highest BCUT2D eigenvalue weighted by molar-refractivity contribution is 6.30. The van der Waals surface area contributed by atoms with E-state index in [0.29, 0.717) is 24.1 Å². The number of ether oxygens (including phenoxy) is 1. The van der Waals surface area contributed by atoms with Gasteiger partial charge in [-0.1, -0.05) is 11.6 Å². The van der Waals surface area contributed by atoms with Crippen LogP contribution in [-0.2, 0) is 4.74 Å². The lowest BCUT2D eigenvalue weighted by Crippen LogP contribution is -2.55. The molecule has 0 aromatic carbocycles. The summed E-state index contributed by atoms with van der Waals surface area (Å²) in [5.74, 6) is 0.671. The van der Waals surface area contributed by atoms with Gasteiger partial charge in [-0.25, -0.2) is 9.97 Å². The lowest BCUT2D eigenvalue weighted by Gasteiger charge is -2.42. The van der Waals surface area contributed by atoms with Crippen LogP contribution in [0.3, 0.4) is 0 Å². The Labute approximate surface area is 106 Å². The standard InChI is InChI=1S/C11H17ClN4O/c1-11(2)7-16(6-9(3-13)17-11)10-14-4-8(12)5-15-10/h4-5,9H,3,6-7,13H2,1-2H3. The summed E-state index contributed by atoms with van der Waals surface area (Å²) in [6.07, 6.45) is 3.21. The van der Waals surface area contributed by atoms with Gasteiger partial charge in [0.05, 0.1) is 29.1 Å². The van der Waals surface area contributed by atoms with Crippen molar-refractivity contribution in [3.05, 3.63) is 17.4 Å². The number of hydrogen-bond acceptors (Lipinski definition) is 5. The third kappa shape index (κ3) is 3.06. The Morgan fingerprint density at radius 1 is 1.53 bits per heavy atom. The van der Waals surface area contributed by atoms with Crippen LogP contribution in [-0.4, -0.2) is 41.3 Å². The average molecular weight is 257 g/mol. The van der Waals surface area contributed by atoms with E-state index in [9.17, 15) is 0 Å². The van der Waals surface area contributed by atoms with E-state index >= 15 is 0 Å². The molecule has 2 N–H and O–H groups in total. The van der Waals surface area contributed by atoms with Crippen LogP contribution in [0.2, 0.25) is 5.02 Å². The van der Waals surface area contributed by atoms with Gasteiger partial charge in [0.15, 0.2) is 0 Å². The molecule has 6 heteroatoms. The Morgan fingerprint density at radius 3 is 2.76 bits per heavy atom. The summed E-state index contributed by atoms with van der Waals surface area (Å²) >= 11 is 5.77. The van der Waals surface area contributed by atoms with Crippen molar-refractivity contribution in [3.63, 3.8) is 0 Å². The maximum Gasteiger partial charge on any atom is 0.225 e. The van der Waals surface area contributed by atoms with E-state index in [1.807, 2.05) is 13.8 Å². The molecule has 2 heterocycles. The van der Waals surface area contributed by atoms with Gasteiger partial charge < -0.3 is 15.4 Å². The Bertz CT molecular complexity index is 382. The Balaban J connectivity index is 2.17. The lowest BCUT2D eigenvalue weighted by atomic mass is 10.1. The van der Waals surface area contributed by atoms with Crippen LogP contribution in [0.5, 0.6) is 0 Å². The number of morpholine rings is 1. The normalized spacial score (nSPS) is 23.8.